The topological polar surface area (TPSA) is 194 Å². The fourth-order valence-corrected chi connectivity index (χ4v) is 7.35. The average Bonchev–Trinajstić information content (AvgIpc) is 3.20. The Labute approximate surface area is 327 Å². The molecule has 0 radical (unpaired) electrons. The molecular formula is C42H52N4O10. The molecule has 0 amide bonds. The van der Waals surface area contributed by atoms with Gasteiger partial charge in [-0.3, -0.25) is 9.98 Å². The molecule has 0 saturated heterocycles. The van der Waals surface area contributed by atoms with E-state index in [2.05, 4.69) is 20.6 Å². The van der Waals surface area contributed by atoms with Gasteiger partial charge in [0.25, 0.3) is 0 Å². The third kappa shape index (κ3) is 9.36. The summed E-state index contributed by atoms with van der Waals surface area (Å²) in [5.41, 5.74) is 4.79. The van der Waals surface area contributed by atoms with E-state index in [1.165, 1.54) is 0 Å². The molecule has 4 bridgehead atoms. The number of nitrogens with one attached hydrogen (secondary N) is 2. The molecule has 2 aromatic rings. The lowest BCUT2D eigenvalue weighted by molar-refractivity contribution is -0.152. The van der Waals surface area contributed by atoms with Crippen LogP contribution in [-0.2, 0) is 38.1 Å². The van der Waals surface area contributed by atoms with Crippen LogP contribution in [0.2, 0.25) is 0 Å². The first-order chi connectivity index (χ1) is 26.9. The van der Waals surface area contributed by atoms with E-state index in [1.54, 1.807) is 77.9 Å². The summed E-state index contributed by atoms with van der Waals surface area (Å²) in [6.45, 7) is 10.6. The Bertz CT molecular complexity index is 1760. The molecule has 300 valence electrons. The van der Waals surface area contributed by atoms with Crippen molar-refractivity contribution in [2.75, 3.05) is 37.1 Å². The molecule has 1 aliphatic carbocycles. The van der Waals surface area contributed by atoms with Crippen LogP contribution in [0.1, 0.15) is 65.5 Å². The lowest BCUT2D eigenvalue weighted by Crippen LogP contribution is -2.56. The monoisotopic (exact) mass is 772 g/mol. The summed E-state index contributed by atoms with van der Waals surface area (Å²) in [7, 11) is 0. The van der Waals surface area contributed by atoms with Crippen LogP contribution in [0.15, 0.2) is 70.7 Å². The van der Waals surface area contributed by atoms with Gasteiger partial charge in [-0.2, -0.15) is 0 Å². The maximum Gasteiger partial charge on any atom is 0.333 e. The van der Waals surface area contributed by atoms with Crippen molar-refractivity contribution in [2.24, 2.45) is 21.8 Å². The molecule has 2 heterocycles. The number of rotatable bonds is 10. The molecule has 0 spiro atoms. The number of benzene rings is 2. The number of aliphatic hydroxyl groups is 2. The van der Waals surface area contributed by atoms with Crippen molar-refractivity contribution in [3.05, 3.63) is 71.8 Å². The van der Waals surface area contributed by atoms with E-state index in [0.29, 0.717) is 45.1 Å². The van der Waals surface area contributed by atoms with Crippen molar-refractivity contribution in [1.82, 2.24) is 0 Å². The van der Waals surface area contributed by atoms with E-state index in [1.807, 2.05) is 24.3 Å². The van der Waals surface area contributed by atoms with E-state index < -0.39 is 72.1 Å². The summed E-state index contributed by atoms with van der Waals surface area (Å²) in [6.07, 6.45) is 2.19. The number of anilines is 2. The fourth-order valence-electron chi connectivity index (χ4n) is 7.35. The number of aliphatic imine (C=N–C) groups is 2. The smallest absolute Gasteiger partial charge is 0.333 e. The maximum atomic E-state index is 13.2. The number of ether oxygens (including phenoxy) is 4. The van der Waals surface area contributed by atoms with E-state index in [0.717, 1.165) is 0 Å². The van der Waals surface area contributed by atoms with E-state index >= 15 is 0 Å². The van der Waals surface area contributed by atoms with Crippen LogP contribution in [0, 0.1) is 11.8 Å². The van der Waals surface area contributed by atoms with Crippen molar-refractivity contribution >= 4 is 57.8 Å². The van der Waals surface area contributed by atoms with Gasteiger partial charge in [0.15, 0.2) is 24.2 Å². The van der Waals surface area contributed by atoms with Crippen LogP contribution in [-0.4, -0.2) is 108 Å². The van der Waals surface area contributed by atoms with E-state index in [9.17, 15) is 29.4 Å². The molecule has 4 atom stereocenters. The molecule has 14 heteroatoms. The number of nitrogens with zero attached hydrogens (tertiary/aromatic N) is 2. The van der Waals surface area contributed by atoms with Crippen LogP contribution in [0.5, 0.6) is 0 Å². The number of hydrogen-bond acceptors (Lipinski definition) is 14. The van der Waals surface area contributed by atoms with Crippen molar-refractivity contribution in [2.45, 2.75) is 90.8 Å². The predicted octanol–water partition coefficient (Wildman–Crippen LogP) is 4.40. The Kier molecular flexibility index (Phi) is 14.2. The Morgan fingerprint density at radius 3 is 1.32 bits per heavy atom. The molecule has 0 aromatic heterocycles. The number of aliphatic hydroxyl groups excluding tert-OH is 2. The Morgan fingerprint density at radius 2 is 0.964 bits per heavy atom. The Balaban J connectivity index is 1.52. The van der Waals surface area contributed by atoms with Gasteiger partial charge in [-0.05, 0) is 88.1 Å². The first-order valence-corrected chi connectivity index (χ1v) is 19.1. The van der Waals surface area contributed by atoms with E-state index in [4.69, 9.17) is 18.9 Å². The third-order valence-corrected chi connectivity index (χ3v) is 9.95. The van der Waals surface area contributed by atoms with Gasteiger partial charge in [-0.1, -0.05) is 36.4 Å². The fraction of sp³-hybridized carbons (Fsp3) is 0.476. The lowest BCUT2D eigenvalue weighted by atomic mass is 9.60. The Morgan fingerprint density at radius 1 is 0.607 bits per heavy atom. The lowest BCUT2D eigenvalue weighted by Gasteiger charge is -2.49. The molecular weight excluding hydrogens is 720 g/mol. The van der Waals surface area contributed by atoms with E-state index in [-0.39, 0.29) is 39.3 Å². The first-order valence-electron chi connectivity index (χ1n) is 19.1. The van der Waals surface area contributed by atoms with Crippen LogP contribution in [0.25, 0.3) is 11.1 Å². The predicted molar refractivity (Wildman–Crippen MR) is 212 cm³/mol. The molecule has 1 fully saturated rings. The van der Waals surface area contributed by atoms with Crippen molar-refractivity contribution in [3.8, 4) is 0 Å². The number of carbonyl (C=O) groups is 4. The van der Waals surface area contributed by atoms with Gasteiger partial charge in [0.05, 0.1) is 38.6 Å². The molecule has 2 aromatic carbocycles. The minimum absolute atomic E-state index is 0.101. The highest BCUT2D eigenvalue weighted by atomic mass is 16.5. The molecule has 56 heavy (non-hydrogen) atoms. The highest BCUT2D eigenvalue weighted by Gasteiger charge is 2.52. The summed E-state index contributed by atoms with van der Waals surface area (Å²) in [5.74, 6) is -4.10. The second kappa shape index (κ2) is 19.0. The first kappa shape index (κ1) is 41.8. The normalized spacial score (nSPS) is 26.3. The highest BCUT2D eigenvalue weighted by Crippen LogP contribution is 2.50. The zero-order chi connectivity index (χ0) is 40.5. The molecule has 14 nitrogen and oxygen atoms in total. The number of carbonyl (C=O) groups excluding carboxylic acids is 4. The van der Waals surface area contributed by atoms with Crippen molar-refractivity contribution < 1.29 is 48.3 Å². The van der Waals surface area contributed by atoms with Crippen LogP contribution < -0.4 is 10.6 Å². The zero-order valence-electron chi connectivity index (χ0n) is 32.7. The second-order valence-electron chi connectivity index (χ2n) is 13.8. The minimum Gasteiger partial charge on any atom is -0.464 e. The molecule has 2 aliphatic heterocycles. The molecule has 4 N–H and O–H groups in total. The SMILES string of the molecule is CCOC(=O)C1N=C(C)CC=C(C2C(O)C(C3=CCC(C)=NC(C(=O)OCC)C(C(=O)OCC)Nc4cccc3c4)C2O)c2cccc(c2)NC1C(=O)OCC. The van der Waals surface area contributed by atoms with Gasteiger partial charge in [0.2, 0.25) is 0 Å². The van der Waals surface area contributed by atoms with Gasteiger partial charge in [0, 0.05) is 47.5 Å². The maximum absolute atomic E-state index is 13.2. The largest absolute Gasteiger partial charge is 0.464 e. The number of fused-ring (bicyclic) bond motifs is 4. The third-order valence-electron chi connectivity index (χ3n) is 9.95. The van der Waals surface area contributed by atoms with Crippen LogP contribution in [0.3, 0.4) is 0 Å². The number of esters is 4. The minimum atomic E-state index is -1.22. The van der Waals surface area contributed by atoms with Gasteiger partial charge in [-0.15, -0.1) is 0 Å². The van der Waals surface area contributed by atoms with Crippen LogP contribution in [0.4, 0.5) is 11.4 Å². The Hall–Kier alpha value is -5.34. The van der Waals surface area contributed by atoms with Crippen molar-refractivity contribution in [3.63, 3.8) is 0 Å². The summed E-state index contributed by atoms with van der Waals surface area (Å²) >= 11 is 0. The van der Waals surface area contributed by atoms with Crippen molar-refractivity contribution in [1.29, 1.82) is 0 Å². The quantitative estimate of drug-likeness (QED) is 0.197. The summed E-state index contributed by atoms with van der Waals surface area (Å²) < 4.78 is 21.3. The summed E-state index contributed by atoms with van der Waals surface area (Å²) in [4.78, 5) is 62.0. The molecule has 5 rings (SSSR count). The number of hydrogen-bond donors (Lipinski definition) is 4. The second-order valence-corrected chi connectivity index (χ2v) is 13.8. The molecule has 1 saturated carbocycles. The standard InChI is InChI=1S/C42H52N4O10/c1-7-53-39(49)33-35(41(51)55-9-3)45-27-15-11-13-25(21-27)29(19-17-23(5)43-33)31-37(47)32(38(31)48)30-20-18-24(6)44-34(40(50)54-8-2)36(42(52)56-10-4)46-28-16-12-14-26(30)22-28/h11-16,19-22,31-38,45-48H,7-10,17-18H2,1-6H3. The number of allylic oxidation sites excluding steroid dienone is 2. The van der Waals surface area contributed by atoms with Gasteiger partial charge in [0.1, 0.15) is 0 Å². The van der Waals surface area contributed by atoms with Gasteiger partial charge < -0.3 is 39.8 Å². The molecule has 4 unspecified atom stereocenters. The van der Waals surface area contributed by atoms with Gasteiger partial charge in [-0.25, -0.2) is 19.2 Å². The average molecular weight is 773 g/mol. The molecule has 3 aliphatic rings. The highest BCUT2D eigenvalue weighted by molar-refractivity contribution is 5.96. The van der Waals surface area contributed by atoms with Gasteiger partial charge >= 0.3 is 23.9 Å². The van der Waals surface area contributed by atoms with Crippen LogP contribution >= 0.6 is 0 Å². The zero-order valence-corrected chi connectivity index (χ0v) is 32.7. The summed E-state index contributed by atoms with van der Waals surface area (Å²) in [6, 6.07) is 9.59. The summed E-state index contributed by atoms with van der Waals surface area (Å²) in [5, 5.41) is 30.4.